The highest BCUT2D eigenvalue weighted by Gasteiger charge is 2.35. The quantitative estimate of drug-likeness (QED) is 0.842. The van der Waals surface area contributed by atoms with Crippen molar-refractivity contribution in [3.05, 3.63) is 27.1 Å². The number of amides is 2. The molecule has 1 aliphatic rings. The fourth-order valence-corrected chi connectivity index (χ4v) is 3.71. The summed E-state index contributed by atoms with van der Waals surface area (Å²) in [4.78, 5) is 26.0. The van der Waals surface area contributed by atoms with E-state index in [4.69, 9.17) is 0 Å². The molecule has 2 amide bonds. The van der Waals surface area contributed by atoms with Crippen LogP contribution in [0.5, 0.6) is 0 Å². The first-order valence-corrected chi connectivity index (χ1v) is 8.03. The summed E-state index contributed by atoms with van der Waals surface area (Å²) < 4.78 is 1.58. The molecule has 20 heavy (non-hydrogen) atoms. The number of halogens is 2. The summed E-state index contributed by atoms with van der Waals surface area (Å²) in [7, 11) is 0. The zero-order valence-electron chi connectivity index (χ0n) is 11.3. The number of carbonyl (C=O) groups is 2. The van der Waals surface area contributed by atoms with Crippen LogP contribution in [0, 0.1) is 5.92 Å². The lowest BCUT2D eigenvalue weighted by Gasteiger charge is -2.34. The number of rotatable bonds is 3. The fraction of sp³-hybridized carbons (Fsp3) is 0.429. The smallest absolute Gasteiger partial charge is 0.250 e. The van der Waals surface area contributed by atoms with E-state index in [1.807, 2.05) is 32.0 Å². The van der Waals surface area contributed by atoms with Gasteiger partial charge in [0.1, 0.15) is 12.6 Å². The number of piperazine rings is 1. The first kappa shape index (κ1) is 15.5. The molecule has 1 fully saturated rings. The van der Waals surface area contributed by atoms with E-state index >= 15 is 0 Å². The molecule has 2 rings (SSSR count). The highest BCUT2D eigenvalue weighted by molar-refractivity contribution is 9.11. The Labute approximate surface area is 135 Å². The lowest BCUT2D eigenvalue weighted by atomic mass is 10.0. The lowest BCUT2D eigenvalue weighted by Crippen LogP contribution is -2.58. The molecule has 1 aromatic carbocycles. The Morgan fingerprint density at radius 1 is 1.30 bits per heavy atom. The van der Waals surface area contributed by atoms with Gasteiger partial charge < -0.3 is 5.32 Å². The summed E-state index contributed by atoms with van der Waals surface area (Å²) >= 11 is 6.89. The Kier molecular flexibility index (Phi) is 4.86. The second-order valence-corrected chi connectivity index (χ2v) is 6.95. The molecule has 0 spiro atoms. The Bertz CT molecular complexity index is 526. The fourth-order valence-electron chi connectivity index (χ4n) is 2.28. The molecule has 0 aromatic heterocycles. The molecule has 0 radical (unpaired) electrons. The molecule has 1 aliphatic heterocycles. The number of para-hydroxylation sites is 1. The molecular weight excluding hydrogens is 388 g/mol. The maximum absolute atomic E-state index is 12.6. The third-order valence-corrected chi connectivity index (χ3v) is 4.40. The van der Waals surface area contributed by atoms with E-state index in [1.165, 1.54) is 0 Å². The summed E-state index contributed by atoms with van der Waals surface area (Å²) in [5.41, 5.74) is 0.709. The van der Waals surface area contributed by atoms with E-state index in [0.29, 0.717) is 18.0 Å². The summed E-state index contributed by atoms with van der Waals surface area (Å²) in [6.07, 6.45) is 0.642. The normalized spacial score (nSPS) is 19.4. The van der Waals surface area contributed by atoms with Gasteiger partial charge in [0.2, 0.25) is 11.8 Å². The van der Waals surface area contributed by atoms with Crippen LogP contribution in [0.1, 0.15) is 20.3 Å². The topological polar surface area (TPSA) is 49.4 Å². The van der Waals surface area contributed by atoms with Crippen molar-refractivity contribution in [3.8, 4) is 0 Å². The van der Waals surface area contributed by atoms with E-state index in [2.05, 4.69) is 37.2 Å². The average Bonchev–Trinajstić information content (AvgIpc) is 2.33. The van der Waals surface area contributed by atoms with Crippen molar-refractivity contribution in [1.29, 1.82) is 0 Å². The van der Waals surface area contributed by atoms with Gasteiger partial charge in [0.15, 0.2) is 0 Å². The Hall–Kier alpha value is -0.880. The van der Waals surface area contributed by atoms with E-state index in [-0.39, 0.29) is 18.4 Å². The number of anilines is 1. The zero-order chi connectivity index (χ0) is 14.9. The number of hydrogen-bond donors (Lipinski definition) is 1. The highest BCUT2D eigenvalue weighted by atomic mass is 79.9. The summed E-state index contributed by atoms with van der Waals surface area (Å²) in [5, 5.41) is 2.78. The van der Waals surface area contributed by atoms with Crippen molar-refractivity contribution in [1.82, 2.24) is 5.32 Å². The molecule has 0 aliphatic carbocycles. The molecule has 0 saturated carbocycles. The van der Waals surface area contributed by atoms with Crippen LogP contribution in [0.3, 0.4) is 0 Å². The van der Waals surface area contributed by atoms with Crippen LogP contribution in [-0.2, 0) is 9.59 Å². The monoisotopic (exact) mass is 402 g/mol. The summed E-state index contributed by atoms with van der Waals surface area (Å²) in [6.45, 7) is 4.12. The Morgan fingerprint density at radius 3 is 2.45 bits per heavy atom. The molecule has 1 unspecified atom stereocenters. The number of carbonyl (C=O) groups excluding carboxylic acids is 2. The second-order valence-electron chi connectivity index (χ2n) is 5.24. The van der Waals surface area contributed by atoms with Gasteiger partial charge in [0.05, 0.1) is 5.69 Å². The molecule has 1 heterocycles. The number of nitrogens with one attached hydrogen (secondary N) is 1. The van der Waals surface area contributed by atoms with E-state index in [1.54, 1.807) is 4.90 Å². The van der Waals surface area contributed by atoms with E-state index < -0.39 is 6.04 Å². The molecule has 108 valence electrons. The number of nitrogens with zero attached hydrogens (tertiary/aromatic N) is 1. The van der Waals surface area contributed by atoms with Crippen LogP contribution in [0.4, 0.5) is 5.69 Å². The predicted octanol–water partition coefficient (Wildman–Crippen LogP) is 3.09. The lowest BCUT2D eigenvalue weighted by molar-refractivity contribution is -0.131. The van der Waals surface area contributed by atoms with Gasteiger partial charge in [-0.25, -0.2) is 0 Å². The standard InChI is InChI=1S/C14H16Br2N2O2/c1-8(2)6-11-14(20)18(7-12(19)17-11)13-9(15)4-3-5-10(13)16/h3-5,8,11H,6-7H2,1-2H3,(H,17,19). The molecule has 1 aromatic rings. The SMILES string of the molecule is CC(C)CC1NC(=O)CN(c2c(Br)cccc2Br)C1=O. The van der Waals surface area contributed by atoms with Crippen LogP contribution in [0.15, 0.2) is 27.1 Å². The van der Waals surface area contributed by atoms with Crippen LogP contribution in [-0.4, -0.2) is 24.4 Å². The molecule has 1 atom stereocenters. The van der Waals surface area contributed by atoms with Crippen LogP contribution in [0.2, 0.25) is 0 Å². The maximum atomic E-state index is 12.6. The minimum Gasteiger partial charge on any atom is -0.343 e. The van der Waals surface area contributed by atoms with Crippen molar-refractivity contribution in [3.63, 3.8) is 0 Å². The second kappa shape index (κ2) is 6.26. The van der Waals surface area contributed by atoms with E-state index in [9.17, 15) is 9.59 Å². The van der Waals surface area contributed by atoms with Gasteiger partial charge in [0.25, 0.3) is 0 Å². The van der Waals surface area contributed by atoms with Gasteiger partial charge in [-0.1, -0.05) is 19.9 Å². The van der Waals surface area contributed by atoms with Crippen molar-refractivity contribution >= 4 is 49.4 Å². The third kappa shape index (κ3) is 3.23. The first-order valence-electron chi connectivity index (χ1n) is 6.45. The molecule has 4 nitrogen and oxygen atoms in total. The van der Waals surface area contributed by atoms with E-state index in [0.717, 1.165) is 8.95 Å². The molecule has 1 saturated heterocycles. The van der Waals surface area contributed by atoms with Gasteiger partial charge in [0, 0.05) is 8.95 Å². The van der Waals surface area contributed by atoms with Gasteiger partial charge >= 0.3 is 0 Å². The van der Waals surface area contributed by atoms with Crippen molar-refractivity contribution < 1.29 is 9.59 Å². The number of hydrogen-bond acceptors (Lipinski definition) is 2. The minimum atomic E-state index is -0.449. The summed E-state index contributed by atoms with van der Waals surface area (Å²) in [6, 6.07) is 5.14. The van der Waals surface area contributed by atoms with Crippen molar-refractivity contribution in [2.24, 2.45) is 5.92 Å². The van der Waals surface area contributed by atoms with Gasteiger partial charge in [-0.3, -0.25) is 14.5 Å². The van der Waals surface area contributed by atoms with Gasteiger partial charge in [-0.05, 0) is 56.3 Å². The average molecular weight is 404 g/mol. The predicted molar refractivity (Wildman–Crippen MR) is 85.6 cm³/mol. The first-order chi connectivity index (χ1) is 9.40. The molecule has 1 N–H and O–H groups in total. The highest BCUT2D eigenvalue weighted by Crippen LogP contribution is 2.35. The van der Waals surface area contributed by atoms with Crippen molar-refractivity contribution in [2.75, 3.05) is 11.4 Å². The molecular formula is C14H16Br2N2O2. The molecule has 0 bridgehead atoms. The van der Waals surface area contributed by atoms with Gasteiger partial charge in [-0.2, -0.15) is 0 Å². The summed E-state index contributed by atoms with van der Waals surface area (Å²) in [5.74, 6) is 0.149. The number of benzene rings is 1. The van der Waals surface area contributed by atoms with Crippen LogP contribution in [0.25, 0.3) is 0 Å². The zero-order valence-corrected chi connectivity index (χ0v) is 14.5. The largest absolute Gasteiger partial charge is 0.343 e. The molecule has 6 heteroatoms. The Balaban J connectivity index is 2.35. The maximum Gasteiger partial charge on any atom is 0.250 e. The van der Waals surface area contributed by atoms with Crippen molar-refractivity contribution in [2.45, 2.75) is 26.3 Å². The van der Waals surface area contributed by atoms with Crippen LogP contribution >= 0.6 is 31.9 Å². The Morgan fingerprint density at radius 2 is 1.90 bits per heavy atom. The van der Waals surface area contributed by atoms with Gasteiger partial charge in [-0.15, -0.1) is 0 Å². The van der Waals surface area contributed by atoms with Crippen LogP contribution < -0.4 is 10.2 Å². The minimum absolute atomic E-state index is 0.0502. The third-order valence-electron chi connectivity index (χ3n) is 3.12.